The van der Waals surface area contributed by atoms with Crippen LogP contribution in [-0.4, -0.2) is 41.1 Å². The van der Waals surface area contributed by atoms with Gasteiger partial charge in [0.15, 0.2) is 0 Å². The molecule has 2 heterocycles. The molecule has 0 bridgehead atoms. The maximum Gasteiger partial charge on any atom is 0.573 e. The van der Waals surface area contributed by atoms with E-state index in [9.17, 15) is 13.2 Å². The van der Waals surface area contributed by atoms with Crippen LogP contribution in [0.25, 0.3) is 0 Å². The molecule has 0 radical (unpaired) electrons. The van der Waals surface area contributed by atoms with Crippen LogP contribution in [0.1, 0.15) is 17.0 Å². The first kappa shape index (κ1) is 18.3. The van der Waals surface area contributed by atoms with Crippen molar-refractivity contribution in [2.75, 3.05) is 19.6 Å². The molecule has 5 nitrogen and oxygen atoms in total. The highest BCUT2D eigenvalue weighted by Crippen LogP contribution is 2.51. The van der Waals surface area contributed by atoms with Gasteiger partial charge in [-0.3, -0.25) is 10.00 Å². The summed E-state index contributed by atoms with van der Waals surface area (Å²) in [5, 5.41) is 10.6. The molecule has 8 heteroatoms. The second-order valence-electron chi connectivity index (χ2n) is 7.55. The fourth-order valence-corrected chi connectivity index (χ4v) is 4.19. The summed E-state index contributed by atoms with van der Waals surface area (Å²) in [5.74, 6) is 1.93. The monoisotopic (exact) mass is 380 g/mol. The standard InChI is InChI=1S/C19H23F3N4O/c1-12-5-14(25-24-12)9-26-10-17-16(18(17)11-26)8-23-7-13-3-2-4-15(6-13)27-19(20,21)22/h2-6,16-18,23H,7-11H2,1H3,(H,24,25). The maximum absolute atomic E-state index is 12.3. The zero-order valence-electron chi connectivity index (χ0n) is 15.1. The zero-order chi connectivity index (χ0) is 19.0. The molecule has 0 spiro atoms. The number of halogens is 3. The van der Waals surface area contributed by atoms with E-state index in [0.29, 0.717) is 12.5 Å². The molecule has 1 saturated carbocycles. The third-order valence-electron chi connectivity index (χ3n) is 5.43. The lowest BCUT2D eigenvalue weighted by atomic mass is 10.2. The summed E-state index contributed by atoms with van der Waals surface area (Å²) in [6.07, 6.45) is -4.65. The van der Waals surface area contributed by atoms with Crippen LogP contribution in [-0.2, 0) is 13.1 Å². The van der Waals surface area contributed by atoms with Gasteiger partial charge in [0, 0.05) is 31.9 Å². The van der Waals surface area contributed by atoms with Gasteiger partial charge in [-0.25, -0.2) is 0 Å². The van der Waals surface area contributed by atoms with Crippen LogP contribution in [0.2, 0.25) is 0 Å². The number of aromatic nitrogens is 2. The van der Waals surface area contributed by atoms with Gasteiger partial charge in [0.1, 0.15) is 5.75 Å². The number of nitrogens with zero attached hydrogens (tertiary/aromatic N) is 2. The smallest absolute Gasteiger partial charge is 0.406 e. The van der Waals surface area contributed by atoms with Gasteiger partial charge in [-0.05, 0) is 55.0 Å². The molecule has 1 aliphatic heterocycles. The molecule has 1 aromatic heterocycles. The molecule has 2 aromatic rings. The van der Waals surface area contributed by atoms with E-state index in [1.54, 1.807) is 12.1 Å². The SMILES string of the molecule is Cc1cc(CN2CC3C(CNCc4cccc(OC(F)(F)F)c4)C3C2)n[nH]1. The van der Waals surface area contributed by atoms with Gasteiger partial charge in [0.2, 0.25) is 0 Å². The Hall–Kier alpha value is -2.06. The lowest BCUT2D eigenvalue weighted by Crippen LogP contribution is -2.27. The Morgan fingerprint density at radius 2 is 2.04 bits per heavy atom. The van der Waals surface area contributed by atoms with Crippen molar-refractivity contribution in [2.24, 2.45) is 17.8 Å². The molecular formula is C19H23F3N4O. The van der Waals surface area contributed by atoms with Gasteiger partial charge < -0.3 is 10.1 Å². The Balaban J connectivity index is 1.18. The van der Waals surface area contributed by atoms with Crippen LogP contribution < -0.4 is 10.1 Å². The second-order valence-corrected chi connectivity index (χ2v) is 7.55. The minimum atomic E-state index is -4.65. The summed E-state index contributed by atoms with van der Waals surface area (Å²) in [4.78, 5) is 2.44. The molecule has 1 aliphatic carbocycles. The molecular weight excluding hydrogens is 357 g/mol. The van der Waals surface area contributed by atoms with Gasteiger partial charge in [-0.2, -0.15) is 5.10 Å². The van der Waals surface area contributed by atoms with Gasteiger partial charge in [0.05, 0.1) is 5.69 Å². The lowest BCUT2D eigenvalue weighted by molar-refractivity contribution is -0.274. The number of piperidine rings is 1. The summed E-state index contributed by atoms with van der Waals surface area (Å²) in [5.41, 5.74) is 2.96. The van der Waals surface area contributed by atoms with Crippen LogP contribution in [0.4, 0.5) is 13.2 Å². The Morgan fingerprint density at radius 1 is 1.26 bits per heavy atom. The minimum absolute atomic E-state index is 0.172. The molecule has 2 N–H and O–H groups in total. The van der Waals surface area contributed by atoms with Crippen molar-refractivity contribution in [1.29, 1.82) is 0 Å². The molecule has 2 fully saturated rings. The largest absolute Gasteiger partial charge is 0.573 e. The Bertz CT molecular complexity index is 779. The highest BCUT2D eigenvalue weighted by Gasteiger charge is 2.54. The van der Waals surface area contributed by atoms with Crippen molar-refractivity contribution in [2.45, 2.75) is 26.4 Å². The number of nitrogens with one attached hydrogen (secondary N) is 2. The van der Waals surface area contributed by atoms with Crippen LogP contribution in [0.3, 0.4) is 0 Å². The number of rotatable bonds is 7. The van der Waals surface area contributed by atoms with Crippen molar-refractivity contribution in [1.82, 2.24) is 20.4 Å². The maximum atomic E-state index is 12.3. The third-order valence-corrected chi connectivity index (χ3v) is 5.43. The number of fused-ring (bicyclic) bond motifs is 1. The number of aromatic amines is 1. The van der Waals surface area contributed by atoms with Gasteiger partial charge >= 0.3 is 6.36 Å². The normalized spacial score (nSPS) is 24.8. The number of likely N-dealkylation sites (tertiary alicyclic amines) is 1. The van der Waals surface area contributed by atoms with Crippen LogP contribution in [0, 0.1) is 24.7 Å². The number of H-pyrrole nitrogens is 1. The molecule has 2 aliphatic rings. The van der Waals surface area contributed by atoms with E-state index in [1.165, 1.54) is 12.1 Å². The van der Waals surface area contributed by atoms with Crippen LogP contribution >= 0.6 is 0 Å². The minimum Gasteiger partial charge on any atom is -0.406 e. The van der Waals surface area contributed by atoms with E-state index in [0.717, 1.165) is 55.0 Å². The number of benzene rings is 1. The molecule has 2 atom stereocenters. The Labute approximate surface area is 155 Å². The highest BCUT2D eigenvalue weighted by atomic mass is 19.4. The summed E-state index contributed by atoms with van der Waals surface area (Å²) >= 11 is 0. The molecule has 27 heavy (non-hydrogen) atoms. The van der Waals surface area contributed by atoms with E-state index in [1.807, 2.05) is 6.92 Å². The van der Waals surface area contributed by atoms with Crippen molar-refractivity contribution in [3.05, 3.63) is 47.3 Å². The van der Waals surface area contributed by atoms with Crippen molar-refractivity contribution in [3.63, 3.8) is 0 Å². The first-order valence-electron chi connectivity index (χ1n) is 9.16. The van der Waals surface area contributed by atoms with Crippen LogP contribution in [0.5, 0.6) is 5.75 Å². The molecule has 4 rings (SSSR count). The van der Waals surface area contributed by atoms with E-state index in [2.05, 4.69) is 31.2 Å². The molecule has 1 aromatic carbocycles. The molecule has 1 saturated heterocycles. The van der Waals surface area contributed by atoms with E-state index in [4.69, 9.17) is 0 Å². The van der Waals surface area contributed by atoms with E-state index >= 15 is 0 Å². The second kappa shape index (κ2) is 7.16. The number of ether oxygens (including phenoxy) is 1. The average molecular weight is 380 g/mol. The zero-order valence-corrected chi connectivity index (χ0v) is 15.1. The van der Waals surface area contributed by atoms with Crippen molar-refractivity contribution >= 4 is 0 Å². The van der Waals surface area contributed by atoms with Gasteiger partial charge in [-0.15, -0.1) is 13.2 Å². The van der Waals surface area contributed by atoms with Crippen molar-refractivity contribution in [3.8, 4) is 5.75 Å². The third kappa shape index (κ3) is 4.62. The quantitative estimate of drug-likeness (QED) is 0.775. The summed E-state index contributed by atoms with van der Waals surface area (Å²) in [6.45, 7) is 6.53. The molecule has 0 amide bonds. The first-order chi connectivity index (χ1) is 12.9. The number of hydrogen-bond donors (Lipinski definition) is 2. The predicted octanol–water partition coefficient (Wildman–Crippen LogP) is 3.08. The van der Waals surface area contributed by atoms with E-state index in [-0.39, 0.29) is 5.75 Å². The predicted molar refractivity (Wildman–Crippen MR) is 93.9 cm³/mol. The molecule has 2 unspecified atom stereocenters. The number of hydrogen-bond acceptors (Lipinski definition) is 4. The summed E-state index contributed by atoms with van der Waals surface area (Å²) in [6, 6.07) is 8.22. The van der Waals surface area contributed by atoms with E-state index < -0.39 is 6.36 Å². The fraction of sp³-hybridized carbons (Fsp3) is 0.526. The topological polar surface area (TPSA) is 53.2 Å². The lowest BCUT2D eigenvalue weighted by Gasteiger charge is -2.18. The first-order valence-corrected chi connectivity index (χ1v) is 9.16. The number of aryl methyl sites for hydroxylation is 1. The number of alkyl halides is 3. The summed E-state index contributed by atoms with van der Waals surface area (Å²) < 4.78 is 40.8. The average Bonchev–Trinajstić information content (AvgIpc) is 2.92. The van der Waals surface area contributed by atoms with Crippen molar-refractivity contribution < 1.29 is 17.9 Å². The fourth-order valence-electron chi connectivity index (χ4n) is 4.19. The van der Waals surface area contributed by atoms with Crippen LogP contribution in [0.15, 0.2) is 30.3 Å². The Morgan fingerprint density at radius 3 is 2.70 bits per heavy atom. The summed E-state index contributed by atoms with van der Waals surface area (Å²) in [7, 11) is 0. The molecule has 146 valence electrons. The Kier molecular flexibility index (Phi) is 4.86. The van der Waals surface area contributed by atoms with Gasteiger partial charge in [-0.1, -0.05) is 12.1 Å². The van der Waals surface area contributed by atoms with Gasteiger partial charge in [0.25, 0.3) is 0 Å². The highest BCUT2D eigenvalue weighted by molar-refractivity contribution is 5.28.